The van der Waals surface area contributed by atoms with E-state index >= 15 is 0 Å². The molecule has 3 heteroatoms. The van der Waals surface area contributed by atoms with Gasteiger partial charge in [-0.15, -0.1) is 10.0 Å². The Labute approximate surface area is 544 Å². The number of hydrogen-bond donors (Lipinski definition) is 0. The van der Waals surface area contributed by atoms with Crippen LogP contribution in [0.3, 0.4) is 0 Å². The molecule has 17 rings (SSSR count). The molecular formula is C90H62N2S. The van der Waals surface area contributed by atoms with Crippen LogP contribution in [-0.4, -0.2) is 9.13 Å². The van der Waals surface area contributed by atoms with E-state index in [4.69, 9.17) is 0 Å². The smallest absolute Gasteiger partial charge is 0.105 e. The van der Waals surface area contributed by atoms with Gasteiger partial charge in [-0.05, 0) is 172 Å². The predicted molar refractivity (Wildman–Crippen MR) is 392 cm³/mol. The highest BCUT2D eigenvalue weighted by atomic mass is 32.3. The Hall–Kier alpha value is -11.7. The van der Waals surface area contributed by atoms with Gasteiger partial charge in [-0.25, -0.2) is 0 Å². The number of hydrogen-bond acceptors (Lipinski definition) is 0. The van der Waals surface area contributed by atoms with Crippen molar-refractivity contribution >= 4 is 59.2 Å². The van der Waals surface area contributed by atoms with E-state index in [-0.39, 0.29) is 0 Å². The largest absolute Gasteiger partial charge is 0.308 e. The molecule has 0 spiro atoms. The Balaban J connectivity index is 0.913. The summed E-state index contributed by atoms with van der Waals surface area (Å²) in [5.41, 5.74) is 23.2. The predicted octanol–water partition coefficient (Wildman–Crippen LogP) is 24.6. The Morgan fingerprint density at radius 1 is 0.290 bits per heavy atom. The maximum Gasteiger partial charge on any atom is 0.105 e. The summed E-state index contributed by atoms with van der Waals surface area (Å²) >= 11 is 0. The zero-order valence-corrected chi connectivity index (χ0v) is 52.0. The molecule has 0 saturated heterocycles. The highest BCUT2D eigenvalue weighted by Gasteiger charge is 2.37. The minimum absolute atomic E-state index is 0.981. The van der Waals surface area contributed by atoms with Crippen molar-refractivity contribution in [1.29, 1.82) is 0 Å². The Bertz CT molecular complexity index is 5360. The van der Waals surface area contributed by atoms with Crippen LogP contribution in [0.4, 0.5) is 0 Å². The number of fused-ring (bicyclic) bond motifs is 6. The molecule has 0 saturated carbocycles. The third-order valence-corrected chi connectivity index (χ3v) is 22.6. The van der Waals surface area contributed by atoms with Crippen LogP contribution in [0.15, 0.2) is 371 Å². The molecule has 2 nitrogen and oxygen atoms in total. The number of aromatic nitrogens is 2. The van der Waals surface area contributed by atoms with Gasteiger partial charge in [-0.3, -0.25) is 0 Å². The van der Waals surface area contributed by atoms with Gasteiger partial charge in [0.25, 0.3) is 0 Å². The molecule has 16 aromatic rings. The van der Waals surface area contributed by atoms with Crippen LogP contribution in [-0.2, 0) is 0 Å². The maximum absolute atomic E-state index is 3.63. The molecule has 14 aromatic carbocycles. The van der Waals surface area contributed by atoms with Gasteiger partial charge in [0.1, 0.15) is 5.52 Å². The molecule has 0 bridgehead atoms. The van der Waals surface area contributed by atoms with Crippen molar-refractivity contribution in [1.82, 2.24) is 9.13 Å². The summed E-state index contributed by atoms with van der Waals surface area (Å²) in [6.45, 7) is 0. The van der Waals surface area contributed by atoms with E-state index in [0.717, 1.165) is 79.4 Å². The van der Waals surface area contributed by atoms with Gasteiger partial charge < -0.3 is 9.13 Å². The van der Waals surface area contributed by atoms with E-state index in [2.05, 4.69) is 367 Å². The third-order valence-electron chi connectivity index (χ3n) is 18.7. The van der Waals surface area contributed by atoms with Crippen molar-refractivity contribution < 1.29 is 0 Å². The summed E-state index contributed by atoms with van der Waals surface area (Å²) in [5, 5.41) is 4.70. The Morgan fingerprint density at radius 3 is 1.29 bits per heavy atom. The quantitative estimate of drug-likeness (QED) is 0.109. The van der Waals surface area contributed by atoms with Crippen LogP contribution < -0.4 is 0 Å². The normalized spacial score (nSPS) is 12.5. The van der Waals surface area contributed by atoms with Gasteiger partial charge in [0.05, 0.1) is 27.9 Å². The number of allylic oxidation sites excluding steroid dienone is 4. The van der Waals surface area contributed by atoms with Crippen molar-refractivity contribution in [2.75, 3.05) is 0 Å². The van der Waals surface area contributed by atoms with Gasteiger partial charge >= 0.3 is 0 Å². The summed E-state index contributed by atoms with van der Waals surface area (Å²) in [6, 6.07) is 131. The van der Waals surface area contributed by atoms with Crippen LogP contribution in [0.5, 0.6) is 0 Å². The number of nitrogens with zero attached hydrogens (tertiary/aromatic N) is 2. The molecule has 0 fully saturated rings. The average molecular weight is 1200 g/mol. The van der Waals surface area contributed by atoms with Crippen LogP contribution in [0, 0.1) is 12.1 Å². The fourth-order valence-electron chi connectivity index (χ4n) is 14.5. The molecule has 0 unspecified atom stereocenters. The Kier molecular flexibility index (Phi) is 14.1. The lowest BCUT2D eigenvalue weighted by molar-refractivity contribution is 1.05. The van der Waals surface area contributed by atoms with Crippen molar-refractivity contribution in [3.63, 3.8) is 0 Å². The first-order valence-electron chi connectivity index (χ1n) is 32.1. The van der Waals surface area contributed by atoms with Gasteiger partial charge in [-0.2, -0.15) is 0 Å². The van der Waals surface area contributed by atoms with Crippen molar-refractivity contribution in [3.05, 3.63) is 370 Å². The molecule has 0 aliphatic heterocycles. The third kappa shape index (κ3) is 9.62. The van der Waals surface area contributed by atoms with Crippen molar-refractivity contribution in [2.24, 2.45) is 0 Å². The summed E-state index contributed by atoms with van der Waals surface area (Å²) in [5.74, 6) is 0. The zero-order chi connectivity index (χ0) is 61.7. The molecule has 0 radical (unpaired) electrons. The molecular weight excluding hydrogens is 1140 g/mol. The molecule has 2 heterocycles. The molecule has 0 amide bonds. The summed E-state index contributed by atoms with van der Waals surface area (Å²) in [6.07, 6.45) is 8.77. The minimum Gasteiger partial charge on any atom is -0.308 e. The van der Waals surface area contributed by atoms with E-state index in [0.29, 0.717) is 0 Å². The molecule has 1 aliphatic carbocycles. The lowest BCUT2D eigenvalue weighted by Gasteiger charge is -2.43. The van der Waals surface area contributed by atoms with Gasteiger partial charge in [-0.1, -0.05) is 261 Å². The average Bonchev–Trinajstić information content (AvgIpc) is 1.65. The molecule has 0 N–H and O–H groups in total. The lowest BCUT2D eigenvalue weighted by Crippen LogP contribution is -2.08. The van der Waals surface area contributed by atoms with Gasteiger partial charge in [0, 0.05) is 63.4 Å². The number of benzene rings is 13. The fourth-order valence-corrected chi connectivity index (χ4v) is 18.5. The molecule has 2 aromatic heterocycles. The van der Waals surface area contributed by atoms with Crippen LogP contribution >= 0.6 is 10.0 Å². The number of para-hydroxylation sites is 2. The first-order chi connectivity index (χ1) is 46.2. The monoisotopic (exact) mass is 1200 g/mol. The Morgan fingerprint density at radius 2 is 0.742 bits per heavy atom. The van der Waals surface area contributed by atoms with Gasteiger partial charge in [0.2, 0.25) is 0 Å². The molecule has 0 atom stereocenters. The molecule has 438 valence electrons. The zero-order valence-electron chi connectivity index (χ0n) is 51.2. The fraction of sp³-hybridized carbons (Fsp3) is 0.0222. The van der Waals surface area contributed by atoms with Crippen molar-refractivity contribution in [2.45, 2.75) is 32.4 Å². The topological polar surface area (TPSA) is 9.86 Å². The summed E-state index contributed by atoms with van der Waals surface area (Å²) in [7, 11) is -2.33. The van der Waals surface area contributed by atoms with E-state index in [9.17, 15) is 0 Å². The lowest BCUT2D eigenvalue weighted by atomic mass is 9.91. The molecule has 1 aliphatic rings. The highest BCUT2D eigenvalue weighted by Crippen LogP contribution is 2.75. The summed E-state index contributed by atoms with van der Waals surface area (Å²) in [4.78, 5) is 5.01. The van der Waals surface area contributed by atoms with Crippen LogP contribution in [0.25, 0.3) is 127 Å². The van der Waals surface area contributed by atoms with Crippen LogP contribution in [0.1, 0.15) is 18.4 Å². The molecule has 93 heavy (non-hydrogen) atoms. The van der Waals surface area contributed by atoms with E-state index in [1.54, 1.807) is 0 Å². The van der Waals surface area contributed by atoms with E-state index < -0.39 is 10.0 Å². The van der Waals surface area contributed by atoms with Crippen LogP contribution in [0.2, 0.25) is 0 Å². The second-order valence-corrected chi connectivity index (χ2v) is 27.2. The first kappa shape index (κ1) is 55.4. The highest BCUT2D eigenvalue weighted by molar-refractivity contribution is 8.34. The SMILES string of the molecule is c1ccc2c3cc(-c4ccc5c(c4)c4ccccc4n5-c4c(-c5ccccc5)cc(S(c5ccccc5)(c5ccccc5)c5cc(-c6ccccc6)cc(-c6ccccc6)c5)cc4-c4ccccc4)ccc3n(-c3c(C4=CC=CCC4)cccc3-c3ccccc3)c2c#1. The summed E-state index contributed by atoms with van der Waals surface area (Å²) < 4.78 is 5.02. The maximum atomic E-state index is 3.63. The minimum atomic E-state index is -2.33. The standard InChI is InChI=1S/C90H62N2S/c1-9-30-63(31-10-1)71-56-72(64-32-11-2-12-33-64)58-75(57-71)93(73-42-21-7-22-43-73,74-44-23-8-24-45-74)76-61-81(67-38-17-5-18-39-67)90(82(62-76)68-40-19-6-20-41-68)92-86-51-28-26-47-80(86)84-60-70(53-55-88(84)92)69-52-54-87-83(59-69)79-46-25-27-50-85(79)91(87)89-77(65-34-13-3-14-35-65)48-29-49-78(89)66-36-15-4-16-37-66/h1-15,17-26,28-36,38-49,51-62H,16,37H2. The second-order valence-electron chi connectivity index (χ2n) is 24.1. The second kappa shape index (κ2) is 23.6. The van der Waals surface area contributed by atoms with Crippen molar-refractivity contribution in [3.8, 4) is 78.1 Å². The van der Waals surface area contributed by atoms with E-state index in [1.165, 1.54) is 85.9 Å². The van der Waals surface area contributed by atoms with Gasteiger partial charge in [0.15, 0.2) is 0 Å². The number of rotatable bonds is 13. The first-order valence-corrected chi connectivity index (χ1v) is 33.7. The van der Waals surface area contributed by atoms with E-state index in [1.807, 2.05) is 6.07 Å².